The van der Waals surface area contributed by atoms with Crippen molar-refractivity contribution in [2.45, 2.75) is 6.54 Å². The van der Waals surface area contributed by atoms with Gasteiger partial charge in [-0.1, -0.05) is 18.2 Å². The van der Waals surface area contributed by atoms with Crippen molar-refractivity contribution in [3.63, 3.8) is 0 Å². The van der Waals surface area contributed by atoms with Crippen molar-refractivity contribution in [3.8, 4) is 5.75 Å². The monoisotopic (exact) mass is 294 g/mol. The van der Waals surface area contributed by atoms with Crippen LogP contribution in [0.2, 0.25) is 0 Å². The van der Waals surface area contributed by atoms with Crippen LogP contribution < -0.4 is 15.4 Å². The second-order valence-electron chi connectivity index (χ2n) is 4.35. The summed E-state index contributed by atoms with van der Waals surface area (Å²) < 4.78 is 5.19. The average Bonchev–Trinajstić information content (AvgIpc) is 2.44. The highest BCUT2D eigenvalue weighted by Crippen LogP contribution is 2.21. The van der Waals surface area contributed by atoms with Gasteiger partial charge in [-0.25, -0.2) is 0 Å². The number of benzene rings is 2. The number of carbonyl (C=O) groups is 1. The zero-order valence-electron chi connectivity index (χ0n) is 11.6. The lowest BCUT2D eigenvalue weighted by Gasteiger charge is -2.07. The smallest absolute Gasteiger partial charge is 0.234 e. The Morgan fingerprint density at radius 3 is 2.55 bits per heavy atom. The van der Waals surface area contributed by atoms with E-state index in [2.05, 4.69) is 16.7 Å². The molecule has 0 atom stereocenters. The molecule has 1 amide bonds. The van der Waals surface area contributed by atoms with E-state index in [0.717, 1.165) is 22.1 Å². The molecule has 0 unspecified atom stereocenters. The van der Waals surface area contributed by atoms with Crippen LogP contribution >= 0.6 is 12.4 Å². The van der Waals surface area contributed by atoms with Crippen molar-refractivity contribution in [1.82, 2.24) is 10.6 Å². The number of nitrogens with one attached hydrogen (secondary N) is 2. The maximum Gasteiger partial charge on any atom is 0.234 e. The van der Waals surface area contributed by atoms with E-state index < -0.39 is 0 Å². The third-order valence-electron chi connectivity index (χ3n) is 2.94. The number of methoxy groups -OCH3 is 1. The predicted octanol–water partition coefficient (Wildman–Crippen LogP) is 2.11. The number of hydrogen-bond donors (Lipinski definition) is 2. The van der Waals surface area contributed by atoms with Crippen LogP contribution in [0.15, 0.2) is 36.4 Å². The molecule has 0 aliphatic carbocycles. The first kappa shape index (κ1) is 16.3. The Morgan fingerprint density at radius 1 is 1.15 bits per heavy atom. The van der Waals surface area contributed by atoms with Gasteiger partial charge >= 0.3 is 0 Å². The lowest BCUT2D eigenvalue weighted by molar-refractivity contribution is -0.120. The van der Waals surface area contributed by atoms with Crippen molar-refractivity contribution >= 4 is 29.1 Å². The molecule has 2 rings (SSSR count). The fraction of sp³-hybridized carbons (Fsp3) is 0.267. The zero-order chi connectivity index (χ0) is 13.7. The number of amides is 1. The van der Waals surface area contributed by atoms with Crippen LogP contribution in [0.1, 0.15) is 5.56 Å². The molecule has 2 aromatic rings. The molecule has 0 heterocycles. The van der Waals surface area contributed by atoms with Crippen molar-refractivity contribution < 1.29 is 9.53 Å². The normalized spacial score (nSPS) is 9.90. The summed E-state index contributed by atoms with van der Waals surface area (Å²) in [5.41, 5.74) is 1.09. The number of fused-ring (bicyclic) bond motifs is 1. The van der Waals surface area contributed by atoms with Crippen molar-refractivity contribution in [2.75, 3.05) is 20.7 Å². The zero-order valence-corrected chi connectivity index (χ0v) is 12.4. The largest absolute Gasteiger partial charge is 0.497 e. The van der Waals surface area contributed by atoms with Crippen molar-refractivity contribution in [2.24, 2.45) is 0 Å². The summed E-state index contributed by atoms with van der Waals surface area (Å²) >= 11 is 0. The van der Waals surface area contributed by atoms with Crippen LogP contribution in [0.25, 0.3) is 10.8 Å². The number of carbonyl (C=O) groups excluding carboxylic acids is 1. The highest BCUT2D eigenvalue weighted by Gasteiger charge is 2.01. The van der Waals surface area contributed by atoms with E-state index in [9.17, 15) is 4.79 Å². The van der Waals surface area contributed by atoms with Crippen LogP contribution in [-0.4, -0.2) is 26.6 Å². The molecule has 0 saturated carbocycles. The van der Waals surface area contributed by atoms with Gasteiger partial charge in [0.15, 0.2) is 0 Å². The first-order chi connectivity index (χ1) is 9.22. The van der Waals surface area contributed by atoms with Gasteiger partial charge in [0, 0.05) is 6.54 Å². The molecule has 0 saturated heterocycles. The Hall–Kier alpha value is -1.78. The summed E-state index contributed by atoms with van der Waals surface area (Å²) in [6, 6.07) is 12.1. The summed E-state index contributed by atoms with van der Waals surface area (Å²) in [4.78, 5) is 11.4. The molecule has 0 radical (unpaired) electrons. The Balaban J connectivity index is 0.00000200. The van der Waals surface area contributed by atoms with E-state index in [1.54, 1.807) is 14.2 Å². The minimum absolute atomic E-state index is 0. The number of halogens is 1. The minimum atomic E-state index is -0.00247. The SMILES string of the molecule is CNCC(=O)NCc1ccc2cc(OC)ccc2c1.Cl. The van der Waals surface area contributed by atoms with Gasteiger partial charge in [-0.05, 0) is 41.6 Å². The number of rotatable bonds is 5. The number of ether oxygens (including phenoxy) is 1. The molecule has 20 heavy (non-hydrogen) atoms. The van der Waals surface area contributed by atoms with E-state index in [-0.39, 0.29) is 18.3 Å². The van der Waals surface area contributed by atoms with Gasteiger partial charge in [0.05, 0.1) is 13.7 Å². The summed E-state index contributed by atoms with van der Waals surface area (Å²) in [7, 11) is 3.41. The summed E-state index contributed by atoms with van der Waals surface area (Å²) in [5.74, 6) is 0.847. The second kappa shape index (κ2) is 7.72. The maximum atomic E-state index is 11.4. The van der Waals surface area contributed by atoms with Gasteiger partial charge in [-0.3, -0.25) is 4.79 Å². The second-order valence-corrected chi connectivity index (χ2v) is 4.35. The van der Waals surface area contributed by atoms with Crippen LogP contribution in [-0.2, 0) is 11.3 Å². The quantitative estimate of drug-likeness (QED) is 0.888. The topological polar surface area (TPSA) is 50.4 Å². The standard InChI is InChI=1S/C15H18N2O2.ClH/c1-16-10-15(18)17-9-11-3-4-13-8-14(19-2)6-5-12(13)7-11;/h3-8,16H,9-10H2,1-2H3,(H,17,18);1H. The molecule has 0 fully saturated rings. The Labute approximate surface area is 124 Å². The number of hydrogen-bond acceptors (Lipinski definition) is 3. The highest BCUT2D eigenvalue weighted by molar-refractivity contribution is 5.85. The summed E-state index contributed by atoms with van der Waals surface area (Å²) in [6.07, 6.45) is 0. The first-order valence-corrected chi connectivity index (χ1v) is 6.21. The molecule has 2 aromatic carbocycles. The predicted molar refractivity (Wildman–Crippen MR) is 83.5 cm³/mol. The molecule has 0 aromatic heterocycles. The van der Waals surface area contributed by atoms with Crippen LogP contribution in [0.4, 0.5) is 0 Å². The van der Waals surface area contributed by atoms with Crippen LogP contribution in [0.5, 0.6) is 5.75 Å². The van der Waals surface area contributed by atoms with Crippen molar-refractivity contribution in [1.29, 1.82) is 0 Å². The van der Waals surface area contributed by atoms with E-state index in [1.165, 1.54) is 0 Å². The molecule has 5 heteroatoms. The third-order valence-corrected chi connectivity index (χ3v) is 2.94. The fourth-order valence-electron chi connectivity index (χ4n) is 1.93. The Morgan fingerprint density at radius 2 is 1.85 bits per heavy atom. The maximum absolute atomic E-state index is 11.4. The molecule has 4 nitrogen and oxygen atoms in total. The van der Waals surface area contributed by atoms with Gasteiger partial charge in [-0.15, -0.1) is 12.4 Å². The average molecular weight is 295 g/mol. The molecule has 108 valence electrons. The van der Waals surface area contributed by atoms with Gasteiger partial charge in [-0.2, -0.15) is 0 Å². The summed E-state index contributed by atoms with van der Waals surface area (Å²) in [6.45, 7) is 0.882. The van der Waals surface area contributed by atoms with Crippen LogP contribution in [0.3, 0.4) is 0 Å². The van der Waals surface area contributed by atoms with Gasteiger partial charge < -0.3 is 15.4 Å². The summed E-state index contributed by atoms with van der Waals surface area (Å²) in [5, 5.41) is 7.95. The molecule has 0 aliphatic rings. The van der Waals surface area contributed by atoms with Gasteiger partial charge in [0.1, 0.15) is 5.75 Å². The Bertz CT molecular complexity index is 587. The number of likely N-dealkylation sites (N-methyl/N-ethyl adjacent to an activating group) is 1. The lowest BCUT2D eigenvalue weighted by Crippen LogP contribution is -2.31. The highest BCUT2D eigenvalue weighted by atomic mass is 35.5. The first-order valence-electron chi connectivity index (χ1n) is 6.21. The van der Waals surface area contributed by atoms with E-state index in [0.29, 0.717) is 13.1 Å². The van der Waals surface area contributed by atoms with Crippen molar-refractivity contribution in [3.05, 3.63) is 42.0 Å². The van der Waals surface area contributed by atoms with Crippen LogP contribution in [0, 0.1) is 0 Å². The molecule has 2 N–H and O–H groups in total. The van der Waals surface area contributed by atoms with Gasteiger partial charge in [0.2, 0.25) is 5.91 Å². The molecular weight excluding hydrogens is 276 g/mol. The fourth-order valence-corrected chi connectivity index (χ4v) is 1.93. The minimum Gasteiger partial charge on any atom is -0.497 e. The Kier molecular flexibility index (Phi) is 6.28. The molecule has 0 aliphatic heterocycles. The molecular formula is C15H19ClN2O2. The van der Waals surface area contributed by atoms with E-state index in [1.807, 2.05) is 30.3 Å². The molecule has 0 spiro atoms. The third kappa shape index (κ3) is 4.11. The lowest BCUT2D eigenvalue weighted by atomic mass is 10.1. The van der Waals surface area contributed by atoms with E-state index >= 15 is 0 Å². The molecule has 0 bridgehead atoms. The van der Waals surface area contributed by atoms with E-state index in [4.69, 9.17) is 4.74 Å². The van der Waals surface area contributed by atoms with Gasteiger partial charge in [0.25, 0.3) is 0 Å².